The molecule has 2 aliphatic rings. The van der Waals surface area contributed by atoms with Gasteiger partial charge in [-0.25, -0.2) is 4.68 Å². The van der Waals surface area contributed by atoms with Crippen LogP contribution >= 0.6 is 0 Å². The van der Waals surface area contributed by atoms with Gasteiger partial charge >= 0.3 is 0 Å². The molecule has 0 aliphatic carbocycles. The number of hydrogen-bond donors (Lipinski definition) is 0. The van der Waals surface area contributed by atoms with Gasteiger partial charge < -0.3 is 4.90 Å². The molecule has 2 aliphatic heterocycles. The van der Waals surface area contributed by atoms with Crippen LogP contribution in [0.2, 0.25) is 0 Å². The highest BCUT2D eigenvalue weighted by Crippen LogP contribution is 2.22. The lowest BCUT2D eigenvalue weighted by Crippen LogP contribution is -2.46. The zero-order valence-corrected chi connectivity index (χ0v) is 16.8. The number of carbonyl (C=O) groups is 1. The number of nitrogens with zero attached hydrogens (tertiary/aromatic N) is 7. The van der Waals surface area contributed by atoms with Crippen molar-refractivity contribution in [3.63, 3.8) is 0 Å². The molecule has 3 heterocycles. The first kappa shape index (κ1) is 19.0. The summed E-state index contributed by atoms with van der Waals surface area (Å²) in [6.07, 6.45) is 3.41. The number of rotatable bonds is 6. The lowest BCUT2D eigenvalue weighted by molar-refractivity contribution is -0.131. The molecule has 1 atom stereocenters. The van der Waals surface area contributed by atoms with Crippen molar-refractivity contribution in [1.29, 1.82) is 0 Å². The smallest absolute Gasteiger partial charge is 0.244 e. The highest BCUT2D eigenvalue weighted by atomic mass is 16.2. The summed E-state index contributed by atoms with van der Waals surface area (Å²) in [6.45, 7) is 4.70. The van der Waals surface area contributed by atoms with Crippen LogP contribution < -0.4 is 0 Å². The fraction of sp³-hybridized carbons (Fsp3) is 0.600. The molecule has 2 aromatic rings. The van der Waals surface area contributed by atoms with Crippen LogP contribution in [0.25, 0.3) is 0 Å². The van der Waals surface area contributed by atoms with Crippen molar-refractivity contribution < 1.29 is 4.79 Å². The molecule has 0 unspecified atom stereocenters. The van der Waals surface area contributed by atoms with E-state index >= 15 is 0 Å². The second-order valence-electron chi connectivity index (χ2n) is 8.05. The van der Waals surface area contributed by atoms with E-state index in [2.05, 4.69) is 56.6 Å². The van der Waals surface area contributed by atoms with E-state index in [1.807, 2.05) is 11.9 Å². The third-order valence-corrected chi connectivity index (χ3v) is 5.98. The van der Waals surface area contributed by atoms with Gasteiger partial charge in [0.15, 0.2) is 5.82 Å². The van der Waals surface area contributed by atoms with Crippen molar-refractivity contribution in [3.05, 3.63) is 41.2 Å². The quantitative estimate of drug-likeness (QED) is 0.734. The fourth-order valence-corrected chi connectivity index (χ4v) is 4.19. The van der Waals surface area contributed by atoms with Gasteiger partial charge in [-0.1, -0.05) is 24.3 Å². The summed E-state index contributed by atoms with van der Waals surface area (Å²) >= 11 is 0. The zero-order valence-electron chi connectivity index (χ0n) is 16.8. The van der Waals surface area contributed by atoms with Crippen molar-refractivity contribution in [3.8, 4) is 0 Å². The predicted molar refractivity (Wildman–Crippen MR) is 105 cm³/mol. The van der Waals surface area contributed by atoms with Crippen LogP contribution in [0, 0.1) is 0 Å². The van der Waals surface area contributed by atoms with E-state index in [0.29, 0.717) is 19.1 Å². The summed E-state index contributed by atoms with van der Waals surface area (Å²) < 4.78 is 1.65. The molecule has 0 saturated carbocycles. The van der Waals surface area contributed by atoms with Crippen LogP contribution in [0.15, 0.2) is 24.3 Å². The van der Waals surface area contributed by atoms with E-state index in [-0.39, 0.29) is 12.5 Å². The monoisotopic (exact) mass is 383 g/mol. The van der Waals surface area contributed by atoms with Crippen molar-refractivity contribution in [2.24, 2.45) is 0 Å². The van der Waals surface area contributed by atoms with Crippen LogP contribution in [0.5, 0.6) is 0 Å². The summed E-state index contributed by atoms with van der Waals surface area (Å²) in [5.74, 6) is 0.814. The maximum absolute atomic E-state index is 12.8. The van der Waals surface area contributed by atoms with E-state index < -0.39 is 0 Å². The molecule has 1 fully saturated rings. The zero-order chi connectivity index (χ0) is 19.5. The molecule has 0 N–H and O–H groups in total. The summed E-state index contributed by atoms with van der Waals surface area (Å²) in [5.41, 5.74) is 2.77. The summed E-state index contributed by atoms with van der Waals surface area (Å²) in [6, 6.07) is 8.89. The number of carbonyl (C=O) groups excluding carboxylic acids is 1. The molecular formula is C20H29N7O. The first-order valence-corrected chi connectivity index (χ1v) is 10.1. The number of fused-ring (bicyclic) bond motifs is 1. The van der Waals surface area contributed by atoms with Crippen LogP contribution in [0.3, 0.4) is 0 Å². The third kappa shape index (κ3) is 4.23. The molecule has 8 heteroatoms. The molecule has 1 aromatic carbocycles. The van der Waals surface area contributed by atoms with Crippen LogP contribution in [-0.4, -0.2) is 80.6 Å². The van der Waals surface area contributed by atoms with Gasteiger partial charge in [-0.05, 0) is 61.0 Å². The fourth-order valence-electron chi connectivity index (χ4n) is 4.19. The van der Waals surface area contributed by atoms with Crippen molar-refractivity contribution in [2.75, 3.05) is 33.7 Å². The average molecular weight is 384 g/mol. The Morgan fingerprint density at radius 2 is 1.96 bits per heavy atom. The second kappa shape index (κ2) is 8.36. The highest BCUT2D eigenvalue weighted by Gasteiger charge is 2.26. The Hall–Kier alpha value is -2.32. The van der Waals surface area contributed by atoms with Gasteiger partial charge in [-0.2, -0.15) is 0 Å². The van der Waals surface area contributed by atoms with Gasteiger partial charge in [-0.15, -0.1) is 5.10 Å². The maximum Gasteiger partial charge on any atom is 0.244 e. The Kier molecular flexibility index (Phi) is 5.68. The number of benzene rings is 1. The third-order valence-electron chi connectivity index (χ3n) is 5.98. The van der Waals surface area contributed by atoms with Gasteiger partial charge in [0.1, 0.15) is 6.54 Å². The van der Waals surface area contributed by atoms with Gasteiger partial charge in [0.05, 0.1) is 6.54 Å². The molecule has 1 aromatic heterocycles. The molecule has 150 valence electrons. The number of amides is 1. The average Bonchev–Trinajstić information content (AvgIpc) is 3.35. The maximum atomic E-state index is 12.8. The van der Waals surface area contributed by atoms with Crippen molar-refractivity contribution >= 4 is 5.91 Å². The number of hydrogen-bond acceptors (Lipinski definition) is 6. The molecule has 4 rings (SSSR count). The standard InChI is InChI=1S/C20H29N7O/c1-24-12-17-8-4-3-7-16(17)11-18(24)13-25(2)20(28)15-27-19(21-22-23-27)14-26-9-5-6-10-26/h3-4,7-8,18H,5-6,9-15H2,1-2H3/t18-/m1/s1. The molecule has 0 spiro atoms. The Labute approximate surface area is 166 Å². The van der Waals surface area contributed by atoms with Gasteiger partial charge in [0, 0.05) is 26.2 Å². The normalized spacial score (nSPS) is 20.3. The first-order chi connectivity index (χ1) is 13.6. The molecular weight excluding hydrogens is 354 g/mol. The topological polar surface area (TPSA) is 70.4 Å². The summed E-state index contributed by atoms with van der Waals surface area (Å²) in [7, 11) is 4.01. The minimum absolute atomic E-state index is 0.0437. The Balaban J connectivity index is 1.35. The molecule has 0 bridgehead atoms. The largest absolute Gasteiger partial charge is 0.343 e. The SMILES string of the molecule is CN(C[C@H]1Cc2ccccc2CN1C)C(=O)Cn1nnnc1CN1CCCC1. The molecule has 0 radical (unpaired) electrons. The van der Waals surface area contributed by atoms with Crippen LogP contribution in [0.4, 0.5) is 0 Å². The summed E-state index contributed by atoms with van der Waals surface area (Å²) in [4.78, 5) is 19.3. The van der Waals surface area contributed by atoms with Gasteiger partial charge in [0.25, 0.3) is 0 Å². The summed E-state index contributed by atoms with van der Waals surface area (Å²) in [5, 5.41) is 12.0. The predicted octanol–water partition coefficient (Wildman–Crippen LogP) is 0.784. The van der Waals surface area contributed by atoms with Crippen molar-refractivity contribution in [2.45, 2.75) is 44.9 Å². The van der Waals surface area contributed by atoms with E-state index in [9.17, 15) is 4.79 Å². The number of likely N-dealkylation sites (N-methyl/N-ethyl adjacent to an activating group) is 2. The highest BCUT2D eigenvalue weighted by molar-refractivity contribution is 5.75. The molecule has 1 saturated heterocycles. The lowest BCUT2D eigenvalue weighted by Gasteiger charge is -2.36. The van der Waals surface area contributed by atoms with Crippen LogP contribution in [0.1, 0.15) is 29.8 Å². The molecule has 28 heavy (non-hydrogen) atoms. The minimum atomic E-state index is 0.0437. The number of likely N-dealkylation sites (tertiary alicyclic amines) is 1. The Morgan fingerprint density at radius 1 is 1.21 bits per heavy atom. The number of aromatic nitrogens is 4. The first-order valence-electron chi connectivity index (χ1n) is 10.1. The minimum Gasteiger partial charge on any atom is -0.343 e. The Bertz CT molecular complexity index is 814. The second-order valence-corrected chi connectivity index (χ2v) is 8.05. The van der Waals surface area contributed by atoms with E-state index in [4.69, 9.17) is 0 Å². The molecule has 8 nitrogen and oxygen atoms in total. The molecule has 1 amide bonds. The van der Waals surface area contributed by atoms with E-state index in [1.165, 1.54) is 24.0 Å². The number of tetrazole rings is 1. The van der Waals surface area contributed by atoms with Crippen molar-refractivity contribution in [1.82, 2.24) is 34.9 Å². The van der Waals surface area contributed by atoms with Gasteiger partial charge in [-0.3, -0.25) is 14.6 Å². The van der Waals surface area contributed by atoms with E-state index in [0.717, 1.165) is 31.9 Å². The lowest BCUT2D eigenvalue weighted by atomic mass is 9.94. The Morgan fingerprint density at radius 3 is 2.75 bits per heavy atom. The van der Waals surface area contributed by atoms with Crippen LogP contribution in [-0.2, 0) is 30.8 Å². The van der Waals surface area contributed by atoms with E-state index in [1.54, 1.807) is 4.68 Å². The van der Waals surface area contributed by atoms with Gasteiger partial charge in [0.2, 0.25) is 5.91 Å².